The van der Waals surface area contributed by atoms with E-state index in [9.17, 15) is 14.7 Å². The van der Waals surface area contributed by atoms with E-state index in [1.807, 2.05) is 0 Å². The van der Waals surface area contributed by atoms with Gasteiger partial charge >= 0.3 is 11.9 Å². The zero-order chi connectivity index (χ0) is 41.4. The second-order valence-corrected chi connectivity index (χ2v) is 16.9. The largest absolute Gasteiger partial charge is 0.462 e. The summed E-state index contributed by atoms with van der Waals surface area (Å²) in [4.78, 5) is 24.4. The van der Waals surface area contributed by atoms with Crippen molar-refractivity contribution in [2.45, 2.75) is 270 Å². The van der Waals surface area contributed by atoms with Crippen molar-refractivity contribution in [3.05, 3.63) is 36.5 Å². The minimum absolute atomic E-state index is 0.0622. The molecule has 0 aromatic heterocycles. The summed E-state index contributed by atoms with van der Waals surface area (Å²) in [5.74, 6) is -0.580. The molecule has 1 N–H and O–H groups in total. The topological polar surface area (TPSA) is 72.8 Å². The fraction of sp³-hybridized carbons (Fsp3) is 0.846. The Morgan fingerprint density at radius 3 is 1.05 bits per heavy atom. The number of rotatable bonds is 46. The van der Waals surface area contributed by atoms with Crippen LogP contribution in [0.4, 0.5) is 0 Å². The first kappa shape index (κ1) is 55.1. The number of aliphatic hydroxyl groups is 1. The normalized spacial score (nSPS) is 12.4. The molecule has 0 saturated carbocycles. The molecule has 0 heterocycles. The van der Waals surface area contributed by atoms with Crippen molar-refractivity contribution in [1.29, 1.82) is 0 Å². The predicted octanol–water partition coefficient (Wildman–Crippen LogP) is 16.4. The fourth-order valence-electron chi connectivity index (χ4n) is 7.39. The number of esters is 2. The Morgan fingerprint density at radius 2 is 0.702 bits per heavy atom. The Hall–Kier alpha value is -1.88. The maximum Gasteiger partial charge on any atom is 0.306 e. The molecule has 0 aromatic carbocycles. The first-order chi connectivity index (χ1) is 28.1. The SMILES string of the molecule is CCCCCCC/C=C\C/C=C\C/C=C\CCCCCCCCCCCCCCC(=O)OC(CO)COC(=O)CCCCCCCCCCCCCCCCCC. The highest BCUT2D eigenvalue weighted by Crippen LogP contribution is 2.16. The van der Waals surface area contributed by atoms with Crippen LogP contribution >= 0.6 is 0 Å². The molecule has 0 fully saturated rings. The Morgan fingerprint density at radius 1 is 0.404 bits per heavy atom. The molecule has 0 aliphatic rings. The van der Waals surface area contributed by atoms with Crippen molar-refractivity contribution in [1.82, 2.24) is 0 Å². The molecule has 1 unspecified atom stereocenters. The van der Waals surface area contributed by atoms with Gasteiger partial charge in [-0.3, -0.25) is 9.59 Å². The van der Waals surface area contributed by atoms with Gasteiger partial charge in [-0.2, -0.15) is 0 Å². The van der Waals surface area contributed by atoms with Gasteiger partial charge in [0.1, 0.15) is 6.61 Å². The zero-order valence-corrected chi connectivity index (χ0v) is 38.1. The summed E-state index contributed by atoms with van der Waals surface area (Å²) in [5.41, 5.74) is 0. The van der Waals surface area contributed by atoms with Crippen LogP contribution in [0.2, 0.25) is 0 Å². The minimum atomic E-state index is -0.770. The molecule has 0 aromatic rings. The van der Waals surface area contributed by atoms with E-state index >= 15 is 0 Å². The Bertz CT molecular complexity index is 908. The Kier molecular flexibility index (Phi) is 46.9. The molecule has 334 valence electrons. The molecular formula is C52H96O5. The molecule has 0 rings (SSSR count). The van der Waals surface area contributed by atoms with Gasteiger partial charge in [-0.05, 0) is 51.4 Å². The van der Waals surface area contributed by atoms with Crippen molar-refractivity contribution < 1.29 is 24.2 Å². The molecule has 0 bridgehead atoms. The lowest BCUT2D eigenvalue weighted by molar-refractivity contribution is -0.161. The minimum Gasteiger partial charge on any atom is -0.462 e. The summed E-state index contributed by atoms with van der Waals surface area (Å²) >= 11 is 0. The van der Waals surface area contributed by atoms with E-state index in [-0.39, 0.29) is 25.2 Å². The van der Waals surface area contributed by atoms with Crippen LogP contribution in [-0.4, -0.2) is 36.4 Å². The van der Waals surface area contributed by atoms with E-state index in [4.69, 9.17) is 9.47 Å². The van der Waals surface area contributed by atoms with Crippen LogP contribution in [-0.2, 0) is 19.1 Å². The van der Waals surface area contributed by atoms with Crippen molar-refractivity contribution in [2.24, 2.45) is 0 Å². The molecule has 1 atom stereocenters. The summed E-state index contributed by atoms with van der Waals surface area (Å²) < 4.78 is 10.7. The number of carbonyl (C=O) groups excluding carboxylic acids is 2. The van der Waals surface area contributed by atoms with Gasteiger partial charge in [-0.25, -0.2) is 0 Å². The number of allylic oxidation sites excluding steroid dienone is 6. The first-order valence-electron chi connectivity index (χ1n) is 25.0. The van der Waals surface area contributed by atoms with Gasteiger partial charge < -0.3 is 14.6 Å². The maximum absolute atomic E-state index is 12.3. The molecular weight excluding hydrogens is 705 g/mol. The second kappa shape index (κ2) is 48.5. The lowest BCUT2D eigenvalue weighted by atomic mass is 10.0. The van der Waals surface area contributed by atoms with E-state index in [1.54, 1.807) is 0 Å². The number of ether oxygens (including phenoxy) is 2. The number of hydrogen-bond donors (Lipinski definition) is 1. The summed E-state index contributed by atoms with van der Waals surface area (Å²) in [6.07, 6.45) is 60.9. The summed E-state index contributed by atoms with van der Waals surface area (Å²) in [6, 6.07) is 0. The monoisotopic (exact) mass is 801 g/mol. The van der Waals surface area contributed by atoms with Gasteiger partial charge in [-0.1, -0.05) is 237 Å². The maximum atomic E-state index is 12.3. The summed E-state index contributed by atoms with van der Waals surface area (Å²) in [7, 11) is 0. The Labute approximate surface area is 355 Å². The van der Waals surface area contributed by atoms with Gasteiger partial charge in [0.2, 0.25) is 0 Å². The molecule has 0 spiro atoms. The second-order valence-electron chi connectivity index (χ2n) is 16.9. The van der Waals surface area contributed by atoms with Gasteiger partial charge in [0.15, 0.2) is 6.10 Å². The van der Waals surface area contributed by atoms with Crippen molar-refractivity contribution in [3.8, 4) is 0 Å². The van der Waals surface area contributed by atoms with Crippen LogP contribution < -0.4 is 0 Å². The highest BCUT2D eigenvalue weighted by Gasteiger charge is 2.16. The third kappa shape index (κ3) is 46.7. The molecule has 0 aliphatic carbocycles. The molecule has 57 heavy (non-hydrogen) atoms. The zero-order valence-electron chi connectivity index (χ0n) is 38.1. The van der Waals surface area contributed by atoms with Crippen LogP contribution in [0.15, 0.2) is 36.5 Å². The third-order valence-corrected chi connectivity index (χ3v) is 11.2. The van der Waals surface area contributed by atoms with Crippen LogP contribution in [0.1, 0.15) is 264 Å². The van der Waals surface area contributed by atoms with Gasteiger partial charge in [0.25, 0.3) is 0 Å². The number of hydrogen-bond acceptors (Lipinski definition) is 5. The lowest BCUT2D eigenvalue weighted by Gasteiger charge is -2.15. The van der Waals surface area contributed by atoms with E-state index < -0.39 is 6.10 Å². The van der Waals surface area contributed by atoms with E-state index in [0.717, 1.165) is 51.4 Å². The van der Waals surface area contributed by atoms with Crippen molar-refractivity contribution >= 4 is 11.9 Å². The van der Waals surface area contributed by atoms with Crippen LogP contribution in [0.3, 0.4) is 0 Å². The average molecular weight is 801 g/mol. The van der Waals surface area contributed by atoms with E-state index in [1.165, 1.54) is 186 Å². The van der Waals surface area contributed by atoms with E-state index in [2.05, 4.69) is 50.3 Å². The van der Waals surface area contributed by atoms with E-state index in [0.29, 0.717) is 12.8 Å². The molecule has 0 aliphatic heterocycles. The van der Waals surface area contributed by atoms with Crippen LogP contribution in [0, 0.1) is 0 Å². The molecule has 5 nitrogen and oxygen atoms in total. The summed E-state index contributed by atoms with van der Waals surface area (Å²) in [5, 5.41) is 9.61. The lowest BCUT2D eigenvalue weighted by Crippen LogP contribution is -2.28. The molecule has 0 radical (unpaired) electrons. The van der Waals surface area contributed by atoms with Crippen LogP contribution in [0.5, 0.6) is 0 Å². The fourth-order valence-corrected chi connectivity index (χ4v) is 7.39. The molecule has 0 amide bonds. The highest BCUT2D eigenvalue weighted by molar-refractivity contribution is 5.70. The predicted molar refractivity (Wildman–Crippen MR) is 247 cm³/mol. The number of unbranched alkanes of at least 4 members (excludes halogenated alkanes) is 32. The summed E-state index contributed by atoms with van der Waals surface area (Å²) in [6.45, 7) is 4.16. The van der Waals surface area contributed by atoms with Crippen molar-refractivity contribution in [3.63, 3.8) is 0 Å². The smallest absolute Gasteiger partial charge is 0.306 e. The van der Waals surface area contributed by atoms with Gasteiger partial charge in [0.05, 0.1) is 6.61 Å². The Balaban J connectivity index is 3.48. The number of aliphatic hydroxyl groups excluding tert-OH is 1. The third-order valence-electron chi connectivity index (χ3n) is 11.2. The van der Waals surface area contributed by atoms with Crippen molar-refractivity contribution in [2.75, 3.05) is 13.2 Å². The molecule has 5 heteroatoms. The number of carbonyl (C=O) groups is 2. The first-order valence-corrected chi connectivity index (χ1v) is 25.0. The van der Waals surface area contributed by atoms with Crippen LogP contribution in [0.25, 0.3) is 0 Å². The quantitative estimate of drug-likeness (QED) is 0.0377. The van der Waals surface area contributed by atoms with Gasteiger partial charge in [-0.15, -0.1) is 0 Å². The average Bonchev–Trinajstić information content (AvgIpc) is 3.21. The standard InChI is InChI=1S/C52H96O5/c1-3-5-7-9-11-13-15-17-19-21-22-23-24-25-26-27-28-29-30-31-33-35-37-39-41-43-45-47-52(55)57-50(48-53)49-56-51(54)46-44-42-40-38-36-34-32-20-18-16-14-12-10-8-6-4-2/h15,17,21-22,24-25,50,53H,3-14,16,18-20,23,26-49H2,1-2H3/b17-15-,22-21-,25-24-. The highest BCUT2D eigenvalue weighted by atomic mass is 16.6. The van der Waals surface area contributed by atoms with Gasteiger partial charge in [0, 0.05) is 12.8 Å². The molecule has 0 saturated heterocycles.